The van der Waals surface area contributed by atoms with Gasteiger partial charge >= 0.3 is 5.63 Å². The topological polar surface area (TPSA) is 105 Å². The molecule has 0 spiro atoms. The van der Waals surface area contributed by atoms with Crippen molar-refractivity contribution in [3.05, 3.63) is 140 Å². The summed E-state index contributed by atoms with van der Waals surface area (Å²) in [5.41, 5.74) is 3.14. The van der Waals surface area contributed by atoms with Crippen molar-refractivity contribution < 1.29 is 14.0 Å². The molecule has 1 fully saturated rings. The van der Waals surface area contributed by atoms with Gasteiger partial charge in [0, 0.05) is 61.9 Å². The van der Waals surface area contributed by atoms with Gasteiger partial charge in [-0.25, -0.2) is 4.79 Å². The highest BCUT2D eigenvalue weighted by Crippen LogP contribution is 2.39. The molecule has 1 saturated heterocycles. The van der Waals surface area contributed by atoms with Crippen molar-refractivity contribution in [3.63, 3.8) is 0 Å². The number of benzene rings is 3. The predicted octanol–water partition coefficient (Wildman–Crippen LogP) is 5.10. The number of carbonyl (C=O) groups excluding carboxylic acids is 2. The molecule has 9 nitrogen and oxygen atoms in total. The molecule has 2 unspecified atom stereocenters. The summed E-state index contributed by atoms with van der Waals surface area (Å²) in [7, 11) is 1.74. The van der Waals surface area contributed by atoms with Crippen molar-refractivity contribution in [3.8, 4) is 0 Å². The zero-order valence-electron chi connectivity index (χ0n) is 24.8. The first-order valence-corrected chi connectivity index (χ1v) is 15.1. The van der Waals surface area contributed by atoms with Gasteiger partial charge in [0.05, 0.1) is 11.4 Å². The van der Waals surface area contributed by atoms with E-state index < -0.39 is 11.5 Å². The molecule has 4 heterocycles. The lowest BCUT2D eigenvalue weighted by Crippen LogP contribution is -2.47. The van der Waals surface area contributed by atoms with Crippen LogP contribution < -0.4 is 21.4 Å². The van der Waals surface area contributed by atoms with E-state index in [1.54, 1.807) is 54.4 Å². The fourth-order valence-corrected chi connectivity index (χ4v) is 6.70. The Kier molecular flexibility index (Phi) is 7.29. The summed E-state index contributed by atoms with van der Waals surface area (Å²) in [5, 5.41) is 3.57. The van der Waals surface area contributed by atoms with E-state index in [9.17, 15) is 19.2 Å². The first-order chi connectivity index (χ1) is 21.8. The second kappa shape index (κ2) is 11.6. The molecule has 1 N–H and O–H groups in total. The summed E-state index contributed by atoms with van der Waals surface area (Å²) in [6.45, 7) is 2.37. The number of rotatable bonds is 6. The molecule has 3 aromatic carbocycles. The number of nitrogens with zero attached hydrogens (tertiary/aromatic N) is 3. The molecule has 2 bridgehead atoms. The van der Waals surface area contributed by atoms with E-state index >= 15 is 0 Å². The van der Waals surface area contributed by atoms with Crippen molar-refractivity contribution in [2.75, 3.05) is 30.4 Å². The van der Waals surface area contributed by atoms with Crippen molar-refractivity contribution in [1.29, 1.82) is 0 Å². The highest BCUT2D eigenvalue weighted by molar-refractivity contribution is 6.08. The van der Waals surface area contributed by atoms with Gasteiger partial charge < -0.3 is 24.1 Å². The predicted molar refractivity (Wildman–Crippen MR) is 173 cm³/mol. The summed E-state index contributed by atoms with van der Waals surface area (Å²) in [6, 6.07) is 29.0. The van der Waals surface area contributed by atoms with E-state index in [0.717, 1.165) is 23.4 Å². The van der Waals surface area contributed by atoms with Gasteiger partial charge in [0.1, 0.15) is 11.1 Å². The molecular weight excluding hydrogens is 568 g/mol. The second-order valence-electron chi connectivity index (χ2n) is 11.9. The number of amides is 2. The number of hydrogen-bond donors (Lipinski definition) is 1. The average Bonchev–Trinajstić information content (AvgIpc) is 3.05. The number of piperidine rings is 1. The quantitative estimate of drug-likeness (QED) is 0.272. The van der Waals surface area contributed by atoms with Crippen LogP contribution in [-0.4, -0.2) is 41.4 Å². The molecule has 2 aliphatic heterocycles. The van der Waals surface area contributed by atoms with Crippen LogP contribution in [0.2, 0.25) is 0 Å². The van der Waals surface area contributed by atoms with Crippen LogP contribution in [0.25, 0.3) is 11.0 Å². The van der Waals surface area contributed by atoms with Crippen molar-refractivity contribution in [2.45, 2.75) is 25.4 Å². The Morgan fingerprint density at radius 2 is 1.69 bits per heavy atom. The van der Waals surface area contributed by atoms with E-state index in [0.29, 0.717) is 48.4 Å². The largest absolute Gasteiger partial charge is 0.422 e. The second-order valence-corrected chi connectivity index (χ2v) is 11.9. The molecule has 7 rings (SSSR count). The number of anilines is 2. The molecule has 226 valence electrons. The van der Waals surface area contributed by atoms with Gasteiger partial charge in [0.15, 0.2) is 0 Å². The number of pyridine rings is 1. The van der Waals surface area contributed by atoms with Crippen LogP contribution in [0.5, 0.6) is 0 Å². The first kappa shape index (κ1) is 28.3. The standard InChI is InChI=1S/C36H32N4O5/c1-38(19-23-8-3-2-4-9-23)35(43)26-14-15-31(39-20-24-16-27(22-39)30-11-7-13-33(41)40(30)21-24)29(18-26)37-34(42)28-17-25-10-5-6-12-32(25)45-36(28)44/h2-15,17-18,24,27H,16,19-22H2,1H3,(H,37,42). The fourth-order valence-electron chi connectivity index (χ4n) is 6.70. The van der Waals surface area contributed by atoms with Crippen molar-refractivity contribution >= 4 is 34.2 Å². The SMILES string of the molecule is CN(Cc1ccccc1)C(=O)c1ccc(N2CC3CC(C2)c2cccc(=O)n2C3)c(NC(=O)c2cc3ccccc3oc2=O)c1. The number of hydrogen-bond acceptors (Lipinski definition) is 6. The molecule has 2 atom stereocenters. The molecule has 45 heavy (non-hydrogen) atoms. The van der Waals surface area contributed by atoms with E-state index in [2.05, 4.69) is 10.2 Å². The maximum Gasteiger partial charge on any atom is 0.349 e. The third-order valence-electron chi connectivity index (χ3n) is 8.81. The van der Waals surface area contributed by atoms with E-state index in [1.807, 2.05) is 53.1 Å². The third-order valence-corrected chi connectivity index (χ3v) is 8.81. The Morgan fingerprint density at radius 3 is 2.53 bits per heavy atom. The number of nitrogens with one attached hydrogen (secondary N) is 1. The number of para-hydroxylation sites is 1. The van der Waals surface area contributed by atoms with Crippen molar-refractivity contribution in [2.24, 2.45) is 5.92 Å². The number of carbonyl (C=O) groups is 2. The Balaban J connectivity index is 1.23. The Morgan fingerprint density at radius 1 is 0.889 bits per heavy atom. The minimum absolute atomic E-state index is 0.0142. The molecule has 2 aromatic heterocycles. The van der Waals surface area contributed by atoms with Crippen LogP contribution in [0.1, 0.15) is 44.3 Å². The lowest BCUT2D eigenvalue weighted by atomic mass is 9.83. The molecule has 0 saturated carbocycles. The van der Waals surface area contributed by atoms with Crippen LogP contribution in [0.4, 0.5) is 11.4 Å². The van der Waals surface area contributed by atoms with Crippen LogP contribution >= 0.6 is 0 Å². The third kappa shape index (κ3) is 5.53. The molecule has 0 radical (unpaired) electrons. The van der Waals surface area contributed by atoms with E-state index in [1.165, 1.54) is 6.07 Å². The van der Waals surface area contributed by atoms with E-state index in [4.69, 9.17) is 4.42 Å². The van der Waals surface area contributed by atoms with Crippen molar-refractivity contribution in [1.82, 2.24) is 9.47 Å². The highest BCUT2D eigenvalue weighted by Gasteiger charge is 2.35. The average molecular weight is 601 g/mol. The molecule has 9 heteroatoms. The van der Waals surface area contributed by atoms with E-state index in [-0.39, 0.29) is 28.9 Å². The maximum atomic E-state index is 13.6. The van der Waals surface area contributed by atoms with Crippen LogP contribution in [0.3, 0.4) is 0 Å². The molecule has 5 aromatic rings. The lowest BCUT2D eigenvalue weighted by molar-refractivity contribution is 0.0784. The van der Waals surface area contributed by atoms with Gasteiger partial charge in [-0.2, -0.15) is 0 Å². The van der Waals surface area contributed by atoms with Gasteiger partial charge in [-0.3, -0.25) is 14.4 Å². The summed E-state index contributed by atoms with van der Waals surface area (Å²) in [6.07, 6.45) is 0.973. The number of aromatic nitrogens is 1. The molecule has 2 amide bonds. The minimum Gasteiger partial charge on any atom is -0.422 e. The lowest BCUT2D eigenvalue weighted by Gasteiger charge is -2.44. The summed E-state index contributed by atoms with van der Waals surface area (Å²) in [4.78, 5) is 56.5. The highest BCUT2D eigenvalue weighted by atomic mass is 16.4. The summed E-state index contributed by atoms with van der Waals surface area (Å²) < 4.78 is 7.30. The zero-order valence-corrected chi connectivity index (χ0v) is 24.8. The van der Waals surface area contributed by atoms with Gasteiger partial charge in [0.2, 0.25) is 0 Å². The van der Waals surface area contributed by atoms with Crippen LogP contribution in [-0.2, 0) is 13.1 Å². The molecular formula is C36H32N4O5. The maximum absolute atomic E-state index is 13.6. The van der Waals surface area contributed by atoms with Crippen LogP contribution in [0, 0.1) is 5.92 Å². The monoisotopic (exact) mass is 600 g/mol. The Hall–Kier alpha value is -5.44. The fraction of sp³-hybridized carbons (Fsp3) is 0.222. The minimum atomic E-state index is -0.739. The molecule has 0 aliphatic carbocycles. The Labute approximate surface area is 259 Å². The van der Waals surface area contributed by atoms with Gasteiger partial charge in [-0.15, -0.1) is 0 Å². The first-order valence-electron chi connectivity index (χ1n) is 15.1. The summed E-state index contributed by atoms with van der Waals surface area (Å²) in [5.74, 6) is -0.437. The van der Waals surface area contributed by atoms with Gasteiger partial charge in [-0.05, 0) is 54.3 Å². The van der Waals surface area contributed by atoms with Crippen LogP contribution in [0.15, 0.2) is 111 Å². The Bertz CT molecular complexity index is 2050. The number of fused-ring (bicyclic) bond motifs is 5. The molecule has 2 aliphatic rings. The van der Waals surface area contributed by atoms with Gasteiger partial charge in [0.25, 0.3) is 17.4 Å². The zero-order chi connectivity index (χ0) is 31.1. The van der Waals surface area contributed by atoms with Gasteiger partial charge in [-0.1, -0.05) is 54.6 Å². The normalized spacial score (nSPS) is 17.0. The smallest absolute Gasteiger partial charge is 0.349 e. The summed E-state index contributed by atoms with van der Waals surface area (Å²) >= 11 is 0.